The predicted molar refractivity (Wildman–Crippen MR) is 73.0 cm³/mol. The van der Waals surface area contributed by atoms with Crippen LogP contribution in [0.15, 0.2) is 30.0 Å². The maximum atomic E-state index is 12.4. The summed E-state index contributed by atoms with van der Waals surface area (Å²) in [5.41, 5.74) is 1.61. The fourth-order valence-corrected chi connectivity index (χ4v) is 2.25. The Bertz CT molecular complexity index is 483. The average Bonchev–Trinajstić information content (AvgIpc) is 2.87. The number of halogens is 2. The van der Waals surface area contributed by atoms with Crippen molar-refractivity contribution in [2.24, 2.45) is 0 Å². The van der Waals surface area contributed by atoms with Crippen molar-refractivity contribution in [3.63, 3.8) is 0 Å². The number of nitrogens with zero attached hydrogens (tertiary/aromatic N) is 1. The zero-order chi connectivity index (χ0) is 14.4. The largest absolute Gasteiger partial charge is 0.350 e. The minimum atomic E-state index is -2.46. The highest BCUT2D eigenvalue weighted by atomic mass is 19.3. The van der Waals surface area contributed by atoms with Crippen LogP contribution in [0.5, 0.6) is 0 Å². The molecule has 2 rings (SSSR count). The number of hydrogen-bond donors (Lipinski definition) is 2. The van der Waals surface area contributed by atoms with E-state index in [-0.39, 0.29) is 11.6 Å². The summed E-state index contributed by atoms with van der Waals surface area (Å²) in [4.78, 5) is 11.9. The van der Waals surface area contributed by atoms with Crippen LogP contribution in [0.1, 0.15) is 23.3 Å². The topological polar surface area (TPSA) is 46.1 Å². The molecule has 6 heteroatoms. The molecule has 0 unspecified atom stereocenters. The van der Waals surface area contributed by atoms with Crippen LogP contribution in [0, 0.1) is 0 Å². The van der Waals surface area contributed by atoms with Gasteiger partial charge in [-0.05, 0) is 31.5 Å². The van der Waals surface area contributed by atoms with Crippen LogP contribution in [0.3, 0.4) is 0 Å². The Morgan fingerprint density at radius 3 is 3.05 bits per heavy atom. The first-order valence-corrected chi connectivity index (χ1v) is 6.77. The van der Waals surface area contributed by atoms with Crippen LogP contribution in [0.25, 0.3) is 0 Å². The average molecular weight is 283 g/mol. The number of carbonyl (C=O) groups excluding carboxylic acids is 1. The van der Waals surface area contributed by atoms with Gasteiger partial charge < -0.3 is 15.2 Å². The SMILES string of the molecule is O=C(NCCC1=CCNCC1)c1cccn1CC(F)F. The smallest absolute Gasteiger partial charge is 0.267 e. The number of carbonyl (C=O) groups is 1. The third-order valence-electron chi connectivity index (χ3n) is 3.29. The second-order valence-electron chi connectivity index (χ2n) is 4.76. The molecule has 2 N–H and O–H groups in total. The molecule has 0 aliphatic carbocycles. The summed E-state index contributed by atoms with van der Waals surface area (Å²) in [7, 11) is 0. The zero-order valence-electron chi connectivity index (χ0n) is 11.2. The van der Waals surface area contributed by atoms with Gasteiger partial charge in [0.1, 0.15) is 5.69 Å². The number of amides is 1. The maximum absolute atomic E-state index is 12.4. The van der Waals surface area contributed by atoms with Crippen LogP contribution in [-0.4, -0.2) is 36.5 Å². The second kappa shape index (κ2) is 7.19. The Balaban J connectivity index is 1.82. The van der Waals surface area contributed by atoms with Gasteiger partial charge in [0.15, 0.2) is 0 Å². The van der Waals surface area contributed by atoms with Gasteiger partial charge in [-0.2, -0.15) is 0 Å². The van der Waals surface area contributed by atoms with Crippen LogP contribution < -0.4 is 10.6 Å². The molecule has 0 fully saturated rings. The molecule has 2 heterocycles. The standard InChI is InChI=1S/C14H19F2N3O/c15-13(16)10-19-9-1-2-12(19)14(20)18-8-5-11-3-6-17-7-4-11/h1-3,9,13,17H,4-8,10H2,(H,18,20). The molecule has 0 radical (unpaired) electrons. The van der Waals surface area contributed by atoms with Gasteiger partial charge in [-0.25, -0.2) is 8.78 Å². The van der Waals surface area contributed by atoms with Crippen molar-refractivity contribution in [2.75, 3.05) is 19.6 Å². The van der Waals surface area contributed by atoms with Gasteiger partial charge in [-0.15, -0.1) is 0 Å². The second-order valence-corrected chi connectivity index (χ2v) is 4.76. The number of alkyl halides is 2. The summed E-state index contributed by atoms with van der Waals surface area (Å²) < 4.78 is 26.0. The summed E-state index contributed by atoms with van der Waals surface area (Å²) in [6, 6.07) is 3.16. The summed E-state index contributed by atoms with van der Waals surface area (Å²) in [5.74, 6) is -0.301. The van der Waals surface area contributed by atoms with Crippen molar-refractivity contribution < 1.29 is 13.6 Å². The number of rotatable bonds is 6. The van der Waals surface area contributed by atoms with E-state index in [4.69, 9.17) is 0 Å². The third kappa shape index (κ3) is 4.16. The van der Waals surface area contributed by atoms with Gasteiger partial charge in [0.2, 0.25) is 0 Å². The summed E-state index contributed by atoms with van der Waals surface area (Å²) in [6.45, 7) is 1.93. The van der Waals surface area contributed by atoms with Gasteiger partial charge in [-0.3, -0.25) is 4.79 Å². The molecule has 0 aromatic carbocycles. The monoisotopic (exact) mass is 283 g/mol. The quantitative estimate of drug-likeness (QED) is 0.782. The van der Waals surface area contributed by atoms with E-state index in [0.29, 0.717) is 6.54 Å². The molecular formula is C14H19F2N3O. The van der Waals surface area contributed by atoms with Crippen molar-refractivity contribution in [3.8, 4) is 0 Å². The Hall–Kier alpha value is -1.69. The molecule has 0 saturated heterocycles. The lowest BCUT2D eigenvalue weighted by Crippen LogP contribution is -2.28. The van der Waals surface area contributed by atoms with Gasteiger partial charge >= 0.3 is 0 Å². The third-order valence-corrected chi connectivity index (χ3v) is 3.29. The van der Waals surface area contributed by atoms with E-state index in [2.05, 4.69) is 16.7 Å². The van der Waals surface area contributed by atoms with E-state index < -0.39 is 13.0 Å². The Morgan fingerprint density at radius 1 is 1.50 bits per heavy atom. The lowest BCUT2D eigenvalue weighted by Gasteiger charge is -2.14. The molecule has 0 saturated carbocycles. The Morgan fingerprint density at radius 2 is 2.35 bits per heavy atom. The van der Waals surface area contributed by atoms with Crippen molar-refractivity contribution >= 4 is 5.91 Å². The van der Waals surface area contributed by atoms with E-state index >= 15 is 0 Å². The van der Waals surface area contributed by atoms with Crippen LogP contribution in [0.4, 0.5) is 8.78 Å². The molecule has 0 spiro atoms. The van der Waals surface area contributed by atoms with E-state index in [0.717, 1.165) is 25.9 Å². The number of aromatic nitrogens is 1. The summed E-state index contributed by atoms with van der Waals surface area (Å²) >= 11 is 0. The first-order chi connectivity index (χ1) is 9.66. The molecule has 0 atom stereocenters. The molecule has 1 aromatic rings. The van der Waals surface area contributed by atoms with E-state index in [1.807, 2.05) is 0 Å². The molecule has 1 aromatic heterocycles. The molecule has 0 bridgehead atoms. The van der Waals surface area contributed by atoms with Gasteiger partial charge in [0.25, 0.3) is 12.3 Å². The Labute approximate surface area is 116 Å². The molecular weight excluding hydrogens is 264 g/mol. The lowest BCUT2D eigenvalue weighted by atomic mass is 10.1. The molecule has 110 valence electrons. The molecule has 4 nitrogen and oxygen atoms in total. The van der Waals surface area contributed by atoms with Gasteiger partial charge in [0.05, 0.1) is 6.54 Å². The van der Waals surface area contributed by atoms with Gasteiger partial charge in [-0.1, -0.05) is 11.6 Å². The van der Waals surface area contributed by atoms with Crippen LogP contribution in [0.2, 0.25) is 0 Å². The van der Waals surface area contributed by atoms with E-state index in [1.165, 1.54) is 16.3 Å². The highest BCUT2D eigenvalue weighted by Crippen LogP contribution is 2.09. The van der Waals surface area contributed by atoms with Crippen molar-refractivity contribution in [1.82, 2.24) is 15.2 Å². The molecule has 1 aliphatic heterocycles. The van der Waals surface area contributed by atoms with Crippen LogP contribution >= 0.6 is 0 Å². The lowest BCUT2D eigenvalue weighted by molar-refractivity contribution is 0.0931. The maximum Gasteiger partial charge on any atom is 0.267 e. The molecule has 1 aliphatic rings. The molecule has 1 amide bonds. The first-order valence-electron chi connectivity index (χ1n) is 6.77. The minimum absolute atomic E-state index is 0.282. The fraction of sp³-hybridized carbons (Fsp3) is 0.500. The van der Waals surface area contributed by atoms with E-state index in [9.17, 15) is 13.6 Å². The Kier molecular flexibility index (Phi) is 5.29. The van der Waals surface area contributed by atoms with E-state index in [1.54, 1.807) is 12.1 Å². The predicted octanol–water partition coefficient (Wildman–Crippen LogP) is 1.79. The van der Waals surface area contributed by atoms with Crippen molar-refractivity contribution in [1.29, 1.82) is 0 Å². The summed E-state index contributed by atoms with van der Waals surface area (Å²) in [5, 5.41) is 6.00. The van der Waals surface area contributed by atoms with Crippen molar-refractivity contribution in [2.45, 2.75) is 25.8 Å². The van der Waals surface area contributed by atoms with Crippen LogP contribution in [-0.2, 0) is 6.54 Å². The summed E-state index contributed by atoms with van der Waals surface area (Å²) in [6.07, 6.45) is 2.97. The number of hydrogen-bond acceptors (Lipinski definition) is 2. The van der Waals surface area contributed by atoms with Gasteiger partial charge in [0, 0.05) is 19.3 Å². The highest BCUT2D eigenvalue weighted by molar-refractivity contribution is 5.92. The fourth-order valence-electron chi connectivity index (χ4n) is 2.25. The normalized spacial score (nSPS) is 15.2. The van der Waals surface area contributed by atoms with Crippen molar-refractivity contribution in [3.05, 3.63) is 35.7 Å². The molecule has 20 heavy (non-hydrogen) atoms. The first kappa shape index (κ1) is 14.7. The zero-order valence-corrected chi connectivity index (χ0v) is 11.2. The minimum Gasteiger partial charge on any atom is -0.350 e. The number of nitrogens with one attached hydrogen (secondary N) is 2. The highest BCUT2D eigenvalue weighted by Gasteiger charge is 2.13.